The lowest BCUT2D eigenvalue weighted by molar-refractivity contribution is -0.116. The Kier molecular flexibility index (Phi) is 5.91. The quantitative estimate of drug-likeness (QED) is 0.428. The smallest absolute Gasteiger partial charge is 0.315 e. The fourth-order valence-electron chi connectivity index (χ4n) is 3.34. The van der Waals surface area contributed by atoms with Gasteiger partial charge >= 0.3 is 11.6 Å². The second-order valence-corrected chi connectivity index (χ2v) is 7.58. The van der Waals surface area contributed by atoms with E-state index < -0.39 is 35.4 Å². The third kappa shape index (κ3) is 4.51. The Balaban J connectivity index is 1.58. The molecule has 0 aliphatic carbocycles. The lowest BCUT2D eigenvalue weighted by Gasteiger charge is -2.10. The van der Waals surface area contributed by atoms with E-state index in [1.54, 1.807) is 18.2 Å². The largest absolute Gasteiger partial charge is 0.333 e. The monoisotopic (exact) mass is 481 g/mol. The summed E-state index contributed by atoms with van der Waals surface area (Å²) in [6.45, 7) is -0.0831. The normalized spacial score (nSPS) is 11.4. The van der Waals surface area contributed by atoms with Gasteiger partial charge in [0.25, 0.3) is 5.56 Å². The van der Waals surface area contributed by atoms with Crippen molar-refractivity contribution >= 4 is 22.9 Å². The molecule has 0 atom stereocenters. The van der Waals surface area contributed by atoms with E-state index in [0.717, 1.165) is 9.13 Å². The highest BCUT2D eigenvalue weighted by Gasteiger charge is 2.27. The molecule has 0 fully saturated rings. The van der Waals surface area contributed by atoms with Crippen LogP contribution in [0, 0.1) is 11.3 Å². The van der Waals surface area contributed by atoms with Crippen molar-refractivity contribution in [2.75, 3.05) is 5.32 Å². The number of nitrogens with zero attached hydrogens (tertiary/aromatic N) is 8. The van der Waals surface area contributed by atoms with Crippen molar-refractivity contribution in [2.45, 2.75) is 25.9 Å². The van der Waals surface area contributed by atoms with E-state index in [2.05, 4.69) is 25.3 Å². The highest BCUT2D eigenvalue weighted by Crippen LogP contribution is 2.24. The number of halogens is 2. The maximum absolute atomic E-state index is 13.3. The second kappa shape index (κ2) is 8.86. The van der Waals surface area contributed by atoms with Gasteiger partial charge in [-0.25, -0.2) is 29.3 Å². The van der Waals surface area contributed by atoms with Gasteiger partial charge in [0.05, 0.1) is 18.1 Å². The molecule has 4 aromatic rings. The lowest BCUT2D eigenvalue weighted by Crippen LogP contribution is -2.39. The number of carbonyl (C=O) groups is 1. The molecular formula is C21H17F2N9O3. The number of alkyl halides is 2. The number of carbonyl (C=O) groups excluding carboxylic acids is 1. The van der Waals surface area contributed by atoms with Crippen molar-refractivity contribution in [3.63, 3.8) is 0 Å². The predicted molar refractivity (Wildman–Crippen MR) is 118 cm³/mol. The number of fused-ring (bicyclic) bond motifs is 1. The Labute approximate surface area is 195 Å². The van der Waals surface area contributed by atoms with Gasteiger partial charge in [0.15, 0.2) is 17.0 Å². The zero-order chi connectivity index (χ0) is 25.3. The third-order valence-electron chi connectivity index (χ3n) is 5.00. The van der Waals surface area contributed by atoms with Crippen LogP contribution in [0.5, 0.6) is 0 Å². The summed E-state index contributed by atoms with van der Waals surface area (Å²) in [7, 11) is 1.41. The molecule has 12 nitrogen and oxygen atoms in total. The van der Waals surface area contributed by atoms with E-state index in [1.165, 1.54) is 36.4 Å². The van der Waals surface area contributed by atoms with Crippen LogP contribution in [0.3, 0.4) is 0 Å². The lowest BCUT2D eigenvalue weighted by atomic mass is 10.2. The molecule has 14 heteroatoms. The fraction of sp³-hybridized carbons (Fsp3) is 0.238. The van der Waals surface area contributed by atoms with Crippen LogP contribution in [0.25, 0.3) is 22.4 Å². The Hall–Kier alpha value is -4.80. The molecule has 0 spiro atoms. The van der Waals surface area contributed by atoms with Gasteiger partial charge in [0.2, 0.25) is 5.91 Å². The highest BCUT2D eigenvalue weighted by molar-refractivity contribution is 5.90. The van der Waals surface area contributed by atoms with Gasteiger partial charge in [0.1, 0.15) is 18.9 Å². The van der Waals surface area contributed by atoms with Crippen LogP contribution in [0.1, 0.15) is 12.7 Å². The third-order valence-corrected chi connectivity index (χ3v) is 5.00. The van der Waals surface area contributed by atoms with E-state index in [0.29, 0.717) is 18.2 Å². The summed E-state index contributed by atoms with van der Waals surface area (Å²) in [6, 6.07) is 6.48. The van der Waals surface area contributed by atoms with Crippen molar-refractivity contribution in [3.05, 3.63) is 63.6 Å². The average Bonchev–Trinajstić information content (AvgIpc) is 3.23. The van der Waals surface area contributed by atoms with Gasteiger partial charge in [0, 0.05) is 31.9 Å². The zero-order valence-corrected chi connectivity index (χ0v) is 18.4. The molecule has 0 aromatic carbocycles. The maximum atomic E-state index is 13.3. The number of hydrogen-bond acceptors (Lipinski definition) is 8. The summed E-state index contributed by atoms with van der Waals surface area (Å²) in [4.78, 5) is 53.3. The van der Waals surface area contributed by atoms with Crippen molar-refractivity contribution < 1.29 is 13.6 Å². The number of amides is 1. The van der Waals surface area contributed by atoms with Crippen LogP contribution in [0.4, 0.5) is 14.6 Å². The minimum atomic E-state index is -3.18. The molecule has 178 valence electrons. The number of hydrogen-bond donors (Lipinski definition) is 1. The van der Waals surface area contributed by atoms with Crippen LogP contribution >= 0.6 is 0 Å². The summed E-state index contributed by atoms with van der Waals surface area (Å²) in [6.07, 6.45) is 3.66. The molecule has 4 heterocycles. The van der Waals surface area contributed by atoms with E-state index in [4.69, 9.17) is 5.26 Å². The van der Waals surface area contributed by atoms with E-state index >= 15 is 0 Å². The van der Waals surface area contributed by atoms with Gasteiger partial charge in [-0.3, -0.25) is 14.2 Å². The first-order valence-electron chi connectivity index (χ1n) is 10.1. The minimum Gasteiger partial charge on any atom is -0.315 e. The van der Waals surface area contributed by atoms with Crippen LogP contribution < -0.4 is 16.6 Å². The van der Waals surface area contributed by atoms with Crippen molar-refractivity contribution in [1.29, 1.82) is 5.26 Å². The molecule has 0 aliphatic heterocycles. The Morgan fingerprint density at radius 2 is 1.91 bits per heavy atom. The van der Waals surface area contributed by atoms with Gasteiger partial charge in [-0.2, -0.15) is 14.0 Å². The highest BCUT2D eigenvalue weighted by atomic mass is 19.3. The standard InChI is InChI=1S/C21H17F2N9O3/c1-21(22,23)19-25-8-12(9-26-19)13-4-3-5-14(28-13)29-15(33)10-31-11-27-17-16(31)18(34)32(7-6-24)20(35)30(17)2/h3-5,8-9,11H,7,10H2,1-2H3,(H,28,29,33). The van der Waals surface area contributed by atoms with E-state index in [-0.39, 0.29) is 23.5 Å². The Bertz CT molecular complexity index is 1590. The minimum absolute atomic E-state index is 0.0100. The molecule has 0 saturated heterocycles. The molecule has 1 N–H and O–H groups in total. The molecule has 4 aromatic heterocycles. The van der Waals surface area contributed by atoms with Crippen LogP contribution in [0.2, 0.25) is 0 Å². The number of anilines is 1. The second-order valence-electron chi connectivity index (χ2n) is 7.58. The van der Waals surface area contributed by atoms with Gasteiger partial charge in [-0.05, 0) is 12.1 Å². The molecular weight excluding hydrogens is 464 g/mol. The van der Waals surface area contributed by atoms with Gasteiger partial charge in [-0.15, -0.1) is 0 Å². The first-order chi connectivity index (χ1) is 16.6. The number of nitrogens with one attached hydrogen (secondary N) is 1. The summed E-state index contributed by atoms with van der Waals surface area (Å²) in [5, 5.41) is 11.5. The molecule has 35 heavy (non-hydrogen) atoms. The van der Waals surface area contributed by atoms with Gasteiger partial charge in [-0.1, -0.05) is 6.07 Å². The predicted octanol–water partition coefficient (Wildman–Crippen LogP) is 1.02. The molecule has 0 unspecified atom stereocenters. The molecule has 4 rings (SSSR count). The zero-order valence-electron chi connectivity index (χ0n) is 18.4. The van der Waals surface area contributed by atoms with Crippen molar-refractivity contribution in [2.24, 2.45) is 7.05 Å². The van der Waals surface area contributed by atoms with Crippen molar-refractivity contribution in [1.82, 2.24) is 33.6 Å². The first-order valence-corrected chi connectivity index (χ1v) is 10.1. The summed E-state index contributed by atoms with van der Waals surface area (Å²) >= 11 is 0. The number of nitriles is 1. The first kappa shape index (κ1) is 23.4. The number of aryl methyl sites for hydroxylation is 1. The van der Waals surface area contributed by atoms with Crippen LogP contribution in [0.15, 0.2) is 46.5 Å². The van der Waals surface area contributed by atoms with E-state index in [1.807, 2.05) is 0 Å². The number of imidazole rings is 1. The SMILES string of the molecule is Cn1c(=O)n(CC#N)c(=O)c2c1ncn2CC(=O)Nc1cccc(-c2cnc(C(C)(F)F)nc2)n1. The Morgan fingerprint density at radius 3 is 2.57 bits per heavy atom. The Morgan fingerprint density at radius 1 is 1.20 bits per heavy atom. The maximum Gasteiger partial charge on any atom is 0.333 e. The number of aromatic nitrogens is 7. The molecule has 0 bridgehead atoms. The summed E-state index contributed by atoms with van der Waals surface area (Å²) < 4.78 is 29.8. The molecule has 0 saturated carbocycles. The topological polar surface area (TPSA) is 153 Å². The summed E-state index contributed by atoms with van der Waals surface area (Å²) in [5.41, 5.74) is -0.659. The van der Waals surface area contributed by atoms with Crippen LogP contribution in [-0.2, 0) is 30.9 Å². The number of pyridine rings is 1. The molecule has 1 amide bonds. The van der Waals surface area contributed by atoms with E-state index in [9.17, 15) is 23.2 Å². The van der Waals surface area contributed by atoms with Gasteiger partial charge < -0.3 is 9.88 Å². The fourth-order valence-corrected chi connectivity index (χ4v) is 3.34. The number of rotatable bonds is 6. The average molecular weight is 481 g/mol. The molecule has 0 radical (unpaired) electrons. The molecule has 0 aliphatic rings. The van der Waals surface area contributed by atoms with Crippen molar-refractivity contribution in [3.8, 4) is 17.3 Å². The van der Waals surface area contributed by atoms with Crippen LogP contribution in [-0.4, -0.2) is 39.5 Å². The summed E-state index contributed by atoms with van der Waals surface area (Å²) in [5.74, 6) is -4.18.